The first-order chi connectivity index (χ1) is 12.4. The van der Waals surface area contributed by atoms with Gasteiger partial charge in [-0.2, -0.15) is 0 Å². The molecule has 2 rings (SSSR count). The van der Waals surface area contributed by atoms with E-state index in [0.717, 1.165) is 25.6 Å². The molecular formula is C21H37N5. The van der Waals surface area contributed by atoms with Crippen molar-refractivity contribution < 1.29 is 0 Å². The average Bonchev–Trinajstić information content (AvgIpc) is 2.64. The standard InChI is InChI=1S/C21H37N5/c1-18(16-26-13-11-25(5)12-14-26)15-23-20(22-4)24-17-21(2,3)19-9-7-6-8-10-19/h6-10,18H,11-17H2,1-5H3,(H2,22,23,24). The van der Waals surface area contributed by atoms with E-state index in [1.165, 1.54) is 31.7 Å². The molecule has 26 heavy (non-hydrogen) atoms. The van der Waals surface area contributed by atoms with Gasteiger partial charge in [0.25, 0.3) is 0 Å². The smallest absolute Gasteiger partial charge is 0.191 e. The second-order valence-electron chi connectivity index (χ2n) is 8.27. The number of nitrogens with zero attached hydrogens (tertiary/aromatic N) is 3. The minimum Gasteiger partial charge on any atom is -0.356 e. The fourth-order valence-corrected chi connectivity index (χ4v) is 3.32. The van der Waals surface area contributed by atoms with Crippen LogP contribution in [0, 0.1) is 5.92 Å². The van der Waals surface area contributed by atoms with E-state index in [2.05, 4.69) is 83.6 Å². The fraction of sp³-hybridized carbons (Fsp3) is 0.667. The molecule has 1 saturated heterocycles. The van der Waals surface area contributed by atoms with E-state index in [1.54, 1.807) is 0 Å². The molecule has 0 amide bonds. The van der Waals surface area contributed by atoms with E-state index in [1.807, 2.05) is 7.05 Å². The Hall–Kier alpha value is -1.59. The molecule has 0 spiro atoms. The molecule has 5 heteroatoms. The van der Waals surface area contributed by atoms with Gasteiger partial charge in [-0.15, -0.1) is 0 Å². The maximum Gasteiger partial charge on any atom is 0.191 e. The Kier molecular flexibility index (Phi) is 7.91. The van der Waals surface area contributed by atoms with Crippen LogP contribution in [0.25, 0.3) is 0 Å². The third-order valence-electron chi connectivity index (χ3n) is 5.26. The van der Waals surface area contributed by atoms with Crippen LogP contribution >= 0.6 is 0 Å². The van der Waals surface area contributed by atoms with Crippen molar-refractivity contribution in [2.75, 3.05) is 59.9 Å². The molecule has 1 aliphatic heterocycles. The zero-order valence-corrected chi connectivity index (χ0v) is 17.3. The highest BCUT2D eigenvalue weighted by Gasteiger charge is 2.21. The van der Waals surface area contributed by atoms with E-state index in [-0.39, 0.29) is 5.41 Å². The molecule has 0 bridgehead atoms. The van der Waals surface area contributed by atoms with Gasteiger partial charge >= 0.3 is 0 Å². The normalized spacial score (nSPS) is 18.6. The molecule has 0 radical (unpaired) electrons. The lowest BCUT2D eigenvalue weighted by Gasteiger charge is -2.34. The molecule has 146 valence electrons. The van der Waals surface area contributed by atoms with Crippen molar-refractivity contribution in [3.05, 3.63) is 35.9 Å². The Bertz CT molecular complexity index is 547. The zero-order chi connectivity index (χ0) is 19.0. The number of piperazine rings is 1. The molecule has 1 atom stereocenters. The molecule has 0 aromatic heterocycles. The van der Waals surface area contributed by atoms with Gasteiger partial charge in [-0.05, 0) is 18.5 Å². The van der Waals surface area contributed by atoms with Crippen molar-refractivity contribution in [1.82, 2.24) is 20.4 Å². The van der Waals surface area contributed by atoms with Crippen LogP contribution in [0.4, 0.5) is 0 Å². The molecule has 1 fully saturated rings. The number of aliphatic imine (C=N–C) groups is 1. The number of guanidine groups is 1. The summed E-state index contributed by atoms with van der Waals surface area (Å²) in [4.78, 5) is 9.36. The summed E-state index contributed by atoms with van der Waals surface area (Å²) in [7, 11) is 4.05. The maximum absolute atomic E-state index is 4.39. The van der Waals surface area contributed by atoms with Gasteiger partial charge in [0.15, 0.2) is 5.96 Å². The van der Waals surface area contributed by atoms with Crippen molar-refractivity contribution in [2.24, 2.45) is 10.9 Å². The number of hydrogen-bond acceptors (Lipinski definition) is 3. The molecule has 1 aliphatic rings. The van der Waals surface area contributed by atoms with Gasteiger partial charge in [-0.25, -0.2) is 0 Å². The van der Waals surface area contributed by atoms with Crippen molar-refractivity contribution in [3.8, 4) is 0 Å². The lowest BCUT2D eigenvalue weighted by atomic mass is 9.85. The predicted molar refractivity (Wildman–Crippen MR) is 112 cm³/mol. The second kappa shape index (κ2) is 9.93. The summed E-state index contributed by atoms with van der Waals surface area (Å²) in [6, 6.07) is 10.6. The van der Waals surface area contributed by atoms with Crippen LogP contribution in [0.3, 0.4) is 0 Å². The Labute approximate surface area is 159 Å². The van der Waals surface area contributed by atoms with Gasteiger partial charge in [-0.1, -0.05) is 51.1 Å². The highest BCUT2D eigenvalue weighted by molar-refractivity contribution is 5.79. The number of nitrogens with one attached hydrogen (secondary N) is 2. The molecule has 0 saturated carbocycles. The van der Waals surface area contributed by atoms with Gasteiger partial charge in [0, 0.05) is 58.3 Å². The number of likely N-dealkylation sites (N-methyl/N-ethyl adjacent to an activating group) is 1. The minimum absolute atomic E-state index is 0.0598. The summed E-state index contributed by atoms with van der Waals surface area (Å²) in [5.74, 6) is 1.48. The summed E-state index contributed by atoms with van der Waals surface area (Å²) in [5.41, 5.74) is 1.40. The number of rotatable bonds is 7. The van der Waals surface area contributed by atoms with Crippen LogP contribution in [0.15, 0.2) is 35.3 Å². The van der Waals surface area contributed by atoms with E-state index in [0.29, 0.717) is 5.92 Å². The molecule has 1 aromatic rings. The minimum atomic E-state index is 0.0598. The van der Waals surface area contributed by atoms with E-state index in [9.17, 15) is 0 Å². The summed E-state index contributed by atoms with van der Waals surface area (Å²) in [6.07, 6.45) is 0. The monoisotopic (exact) mass is 359 g/mol. The number of hydrogen-bond donors (Lipinski definition) is 2. The third kappa shape index (κ3) is 6.61. The van der Waals surface area contributed by atoms with Crippen molar-refractivity contribution in [3.63, 3.8) is 0 Å². The van der Waals surface area contributed by atoms with Gasteiger partial charge in [-0.3, -0.25) is 4.99 Å². The Morgan fingerprint density at radius 1 is 1.12 bits per heavy atom. The largest absolute Gasteiger partial charge is 0.356 e. The zero-order valence-electron chi connectivity index (χ0n) is 17.3. The first-order valence-electron chi connectivity index (χ1n) is 9.81. The first kappa shape index (κ1) is 20.7. The van der Waals surface area contributed by atoms with Crippen molar-refractivity contribution >= 4 is 5.96 Å². The molecule has 5 nitrogen and oxygen atoms in total. The van der Waals surface area contributed by atoms with Crippen LogP contribution in [0.2, 0.25) is 0 Å². The lowest BCUT2D eigenvalue weighted by Crippen LogP contribution is -2.48. The van der Waals surface area contributed by atoms with Gasteiger partial charge in [0.2, 0.25) is 0 Å². The Morgan fingerprint density at radius 3 is 2.38 bits per heavy atom. The highest BCUT2D eigenvalue weighted by Crippen LogP contribution is 2.21. The quantitative estimate of drug-likeness (QED) is 0.577. The van der Waals surface area contributed by atoms with Crippen LogP contribution in [-0.4, -0.2) is 75.7 Å². The van der Waals surface area contributed by atoms with E-state index < -0.39 is 0 Å². The van der Waals surface area contributed by atoms with Crippen LogP contribution in [-0.2, 0) is 5.41 Å². The lowest BCUT2D eigenvalue weighted by molar-refractivity contribution is 0.139. The van der Waals surface area contributed by atoms with Crippen LogP contribution < -0.4 is 10.6 Å². The Balaban J connectivity index is 1.73. The van der Waals surface area contributed by atoms with Crippen molar-refractivity contribution in [2.45, 2.75) is 26.2 Å². The third-order valence-corrected chi connectivity index (χ3v) is 5.26. The van der Waals surface area contributed by atoms with Gasteiger partial charge in [0.05, 0.1) is 0 Å². The first-order valence-corrected chi connectivity index (χ1v) is 9.81. The van der Waals surface area contributed by atoms with E-state index in [4.69, 9.17) is 0 Å². The maximum atomic E-state index is 4.39. The van der Waals surface area contributed by atoms with Gasteiger partial charge in [0.1, 0.15) is 0 Å². The van der Waals surface area contributed by atoms with E-state index >= 15 is 0 Å². The summed E-state index contributed by atoms with van der Waals surface area (Å²) in [6.45, 7) is 14.5. The average molecular weight is 360 g/mol. The summed E-state index contributed by atoms with van der Waals surface area (Å²) < 4.78 is 0. The summed E-state index contributed by atoms with van der Waals surface area (Å²) >= 11 is 0. The van der Waals surface area contributed by atoms with Gasteiger partial charge < -0.3 is 20.4 Å². The van der Waals surface area contributed by atoms with Crippen LogP contribution in [0.5, 0.6) is 0 Å². The molecule has 1 heterocycles. The predicted octanol–water partition coefficient (Wildman–Crippen LogP) is 2.01. The highest BCUT2D eigenvalue weighted by atomic mass is 15.2. The second-order valence-corrected chi connectivity index (χ2v) is 8.27. The van der Waals surface area contributed by atoms with Crippen LogP contribution in [0.1, 0.15) is 26.3 Å². The fourth-order valence-electron chi connectivity index (χ4n) is 3.32. The topological polar surface area (TPSA) is 42.9 Å². The molecule has 0 aliphatic carbocycles. The van der Waals surface area contributed by atoms with Crippen molar-refractivity contribution in [1.29, 1.82) is 0 Å². The Morgan fingerprint density at radius 2 is 1.77 bits per heavy atom. The molecular weight excluding hydrogens is 322 g/mol. The SMILES string of the molecule is CN=C(NCC(C)CN1CCN(C)CC1)NCC(C)(C)c1ccccc1. The molecule has 1 unspecified atom stereocenters. The number of benzene rings is 1. The summed E-state index contributed by atoms with van der Waals surface area (Å²) in [5, 5.41) is 6.98. The molecule has 2 N–H and O–H groups in total. The molecule has 1 aromatic carbocycles.